The summed E-state index contributed by atoms with van der Waals surface area (Å²) < 4.78 is 15.9. The van der Waals surface area contributed by atoms with Crippen molar-refractivity contribution < 1.29 is 28.6 Å². The van der Waals surface area contributed by atoms with Crippen LogP contribution < -0.4 is 19.5 Å². The van der Waals surface area contributed by atoms with Crippen LogP contribution in [0.15, 0.2) is 29.4 Å². The first kappa shape index (κ1) is 21.4. The number of ether oxygens (including phenoxy) is 3. The number of urea groups is 1. The molecule has 0 aromatic heterocycles. The van der Waals surface area contributed by atoms with Crippen LogP contribution in [-0.2, 0) is 9.59 Å². The maximum Gasteiger partial charge on any atom is 0.331 e. The molecule has 1 aromatic carbocycles. The maximum absolute atomic E-state index is 12.9. The highest BCUT2D eigenvalue weighted by atomic mass is 16.5. The zero-order chi connectivity index (χ0) is 21.7. The van der Waals surface area contributed by atoms with Gasteiger partial charge in [-0.05, 0) is 55.9 Å². The van der Waals surface area contributed by atoms with Gasteiger partial charge in [0.15, 0.2) is 11.5 Å². The van der Waals surface area contributed by atoms with Crippen LogP contribution in [0.5, 0.6) is 17.2 Å². The number of nitrogens with one attached hydrogen (secondary N) is 1. The van der Waals surface area contributed by atoms with Crippen molar-refractivity contribution in [3.8, 4) is 17.2 Å². The lowest BCUT2D eigenvalue weighted by Crippen LogP contribution is -2.54. The first-order chi connectivity index (χ1) is 14.5. The lowest BCUT2D eigenvalue weighted by atomic mass is 9.97. The van der Waals surface area contributed by atoms with Crippen LogP contribution in [0.25, 0.3) is 6.08 Å². The van der Waals surface area contributed by atoms with E-state index >= 15 is 0 Å². The number of benzene rings is 1. The van der Waals surface area contributed by atoms with Gasteiger partial charge < -0.3 is 14.2 Å². The third-order valence-electron chi connectivity index (χ3n) is 5.23. The van der Waals surface area contributed by atoms with Crippen LogP contribution in [0, 0.1) is 0 Å². The predicted molar refractivity (Wildman–Crippen MR) is 110 cm³/mol. The van der Waals surface area contributed by atoms with Crippen LogP contribution in [0.3, 0.4) is 0 Å². The lowest BCUT2D eigenvalue weighted by Gasteiger charge is -2.27. The summed E-state index contributed by atoms with van der Waals surface area (Å²) >= 11 is 0. The Morgan fingerprint density at radius 2 is 1.73 bits per heavy atom. The number of barbiturate groups is 1. The third-order valence-corrected chi connectivity index (χ3v) is 5.23. The summed E-state index contributed by atoms with van der Waals surface area (Å²) in [7, 11) is 4.45. The summed E-state index contributed by atoms with van der Waals surface area (Å²) in [6.07, 6.45) is 8.51. The fourth-order valence-electron chi connectivity index (χ4n) is 3.64. The molecule has 3 rings (SSSR count). The van der Waals surface area contributed by atoms with E-state index in [0.29, 0.717) is 29.2 Å². The number of rotatable bonds is 7. The molecule has 1 aliphatic carbocycles. The molecule has 0 radical (unpaired) electrons. The number of carbonyl (C=O) groups is 3. The van der Waals surface area contributed by atoms with Gasteiger partial charge >= 0.3 is 6.03 Å². The van der Waals surface area contributed by atoms with Gasteiger partial charge in [-0.3, -0.25) is 19.8 Å². The Labute approximate surface area is 175 Å². The van der Waals surface area contributed by atoms with Crippen molar-refractivity contribution in [3.05, 3.63) is 34.9 Å². The minimum Gasteiger partial charge on any atom is -0.493 e. The number of hydrogen-bond acceptors (Lipinski definition) is 6. The van der Waals surface area contributed by atoms with Gasteiger partial charge in [0.1, 0.15) is 5.57 Å². The van der Waals surface area contributed by atoms with Crippen LogP contribution in [0.1, 0.15) is 37.7 Å². The van der Waals surface area contributed by atoms with Crippen LogP contribution >= 0.6 is 0 Å². The van der Waals surface area contributed by atoms with Crippen LogP contribution in [0.2, 0.25) is 0 Å². The second-order valence-corrected chi connectivity index (χ2v) is 7.09. The Morgan fingerprint density at radius 1 is 1.03 bits per heavy atom. The Kier molecular flexibility index (Phi) is 6.76. The molecular formula is C22H26N2O6. The molecule has 0 atom stereocenters. The smallest absolute Gasteiger partial charge is 0.331 e. The standard InChI is InChI=1S/C22H26N2O6/c1-28-17-12-15(13-18(29-2)19(17)30-3)11-16-20(25)23-22(27)24(21(16)26)10-9-14-7-5-4-6-8-14/h7,11-13H,4-6,8-10H2,1-3H3,(H,23,25,27)/b16-11+. The Morgan fingerprint density at radius 3 is 2.30 bits per heavy atom. The van der Waals surface area contributed by atoms with Gasteiger partial charge in [0, 0.05) is 6.54 Å². The zero-order valence-corrected chi connectivity index (χ0v) is 17.4. The second kappa shape index (κ2) is 9.47. The molecule has 1 saturated heterocycles. The molecule has 30 heavy (non-hydrogen) atoms. The van der Waals surface area contributed by atoms with Crippen molar-refractivity contribution in [2.24, 2.45) is 0 Å². The van der Waals surface area contributed by atoms with Gasteiger partial charge in [-0.1, -0.05) is 11.6 Å². The number of nitrogens with zero attached hydrogens (tertiary/aromatic N) is 1. The minimum atomic E-state index is -0.730. The monoisotopic (exact) mass is 414 g/mol. The van der Waals surface area contributed by atoms with Crippen molar-refractivity contribution in [1.29, 1.82) is 0 Å². The zero-order valence-electron chi connectivity index (χ0n) is 17.4. The fraction of sp³-hybridized carbons (Fsp3) is 0.409. The Balaban J connectivity index is 1.87. The molecule has 4 amide bonds. The lowest BCUT2D eigenvalue weighted by molar-refractivity contribution is -0.130. The molecule has 160 valence electrons. The summed E-state index contributed by atoms with van der Waals surface area (Å²) in [4.78, 5) is 38.6. The van der Waals surface area contributed by atoms with Crippen molar-refractivity contribution in [1.82, 2.24) is 10.2 Å². The van der Waals surface area contributed by atoms with E-state index in [1.807, 2.05) is 0 Å². The summed E-state index contributed by atoms with van der Waals surface area (Å²) in [6, 6.07) is 2.56. The number of allylic oxidation sites excluding steroid dienone is 1. The van der Waals surface area contributed by atoms with E-state index < -0.39 is 17.8 Å². The topological polar surface area (TPSA) is 94.2 Å². The van der Waals surface area contributed by atoms with Crippen LogP contribution in [0.4, 0.5) is 4.79 Å². The summed E-state index contributed by atoms with van der Waals surface area (Å²) in [5.74, 6) is -0.158. The molecule has 0 unspecified atom stereocenters. The molecule has 0 spiro atoms. The maximum atomic E-state index is 12.9. The number of amides is 4. The average Bonchev–Trinajstić information content (AvgIpc) is 2.76. The normalized spacial score (nSPS) is 18.2. The van der Waals surface area contributed by atoms with E-state index in [1.165, 1.54) is 39.4 Å². The Bertz CT molecular complexity index is 893. The van der Waals surface area contributed by atoms with Gasteiger partial charge in [0.05, 0.1) is 21.3 Å². The van der Waals surface area contributed by atoms with Gasteiger partial charge in [-0.2, -0.15) is 0 Å². The highest BCUT2D eigenvalue weighted by Crippen LogP contribution is 2.38. The molecule has 1 aromatic rings. The first-order valence-electron chi connectivity index (χ1n) is 9.85. The first-order valence-corrected chi connectivity index (χ1v) is 9.85. The minimum absolute atomic E-state index is 0.124. The van der Waals surface area contributed by atoms with Crippen molar-refractivity contribution >= 4 is 23.9 Å². The molecule has 1 N–H and O–H groups in total. The van der Waals surface area contributed by atoms with Gasteiger partial charge in [-0.15, -0.1) is 0 Å². The largest absolute Gasteiger partial charge is 0.493 e. The molecule has 1 heterocycles. The average molecular weight is 414 g/mol. The molecular weight excluding hydrogens is 388 g/mol. The van der Waals surface area contributed by atoms with Crippen molar-refractivity contribution in [3.63, 3.8) is 0 Å². The predicted octanol–water partition coefficient (Wildman–Crippen LogP) is 3.06. The van der Waals surface area contributed by atoms with E-state index in [4.69, 9.17) is 14.2 Å². The van der Waals surface area contributed by atoms with Crippen molar-refractivity contribution in [2.75, 3.05) is 27.9 Å². The molecule has 8 nitrogen and oxygen atoms in total. The summed E-state index contributed by atoms with van der Waals surface area (Å²) in [6.45, 7) is 0.233. The van der Waals surface area contributed by atoms with E-state index in [1.54, 1.807) is 12.1 Å². The molecule has 8 heteroatoms. The number of imide groups is 2. The van der Waals surface area contributed by atoms with Crippen LogP contribution in [-0.4, -0.2) is 50.6 Å². The molecule has 0 bridgehead atoms. The quantitative estimate of drug-likeness (QED) is 0.419. The van der Waals surface area contributed by atoms with E-state index in [9.17, 15) is 14.4 Å². The highest BCUT2D eigenvalue weighted by Gasteiger charge is 2.35. The fourth-order valence-corrected chi connectivity index (χ4v) is 3.64. The third kappa shape index (κ3) is 4.48. The Hall–Kier alpha value is -3.29. The van der Waals surface area contributed by atoms with E-state index in [2.05, 4.69) is 11.4 Å². The molecule has 2 aliphatic rings. The molecule has 0 saturated carbocycles. The van der Waals surface area contributed by atoms with Gasteiger partial charge in [0.2, 0.25) is 5.75 Å². The van der Waals surface area contributed by atoms with Gasteiger partial charge in [-0.25, -0.2) is 4.79 Å². The summed E-state index contributed by atoms with van der Waals surface area (Å²) in [5, 5.41) is 2.25. The van der Waals surface area contributed by atoms with E-state index in [0.717, 1.165) is 24.2 Å². The van der Waals surface area contributed by atoms with Gasteiger partial charge in [0.25, 0.3) is 11.8 Å². The summed E-state index contributed by atoms with van der Waals surface area (Å²) in [5.41, 5.74) is 1.63. The van der Waals surface area contributed by atoms with Crippen molar-refractivity contribution in [2.45, 2.75) is 32.1 Å². The van der Waals surface area contributed by atoms with E-state index in [-0.39, 0.29) is 12.1 Å². The number of carbonyl (C=O) groups excluding carboxylic acids is 3. The SMILES string of the molecule is COc1cc(/C=C2\C(=O)NC(=O)N(CCC3=CCCCC3)C2=O)cc(OC)c1OC. The molecule has 1 aliphatic heterocycles. The number of methoxy groups -OCH3 is 3. The second-order valence-electron chi connectivity index (χ2n) is 7.09. The highest BCUT2D eigenvalue weighted by molar-refractivity contribution is 6.31. The molecule has 1 fully saturated rings. The number of hydrogen-bond donors (Lipinski definition) is 1.